The third-order valence-electron chi connectivity index (χ3n) is 4.06. The van der Waals surface area contributed by atoms with Gasteiger partial charge >= 0.3 is 0 Å². The minimum atomic E-state index is 0.0666. The molecule has 0 amide bonds. The number of anilines is 1. The first kappa shape index (κ1) is 17.7. The van der Waals surface area contributed by atoms with Crippen LogP contribution in [-0.2, 0) is 6.42 Å². The Kier molecular flexibility index (Phi) is 5.97. The van der Waals surface area contributed by atoms with E-state index in [2.05, 4.69) is 41.0 Å². The van der Waals surface area contributed by atoms with Gasteiger partial charge in [-0.2, -0.15) is 5.26 Å². The van der Waals surface area contributed by atoms with Crippen molar-refractivity contribution in [2.45, 2.75) is 12.5 Å². The van der Waals surface area contributed by atoms with Crippen LogP contribution in [0.2, 0.25) is 0 Å². The summed E-state index contributed by atoms with van der Waals surface area (Å²) in [5.41, 5.74) is 3.91. The minimum absolute atomic E-state index is 0.0666. The average molecular weight is 357 g/mol. The molecule has 0 saturated carbocycles. The third kappa shape index (κ3) is 4.92. The van der Waals surface area contributed by atoms with Crippen LogP contribution in [0.15, 0.2) is 84.9 Å². The van der Waals surface area contributed by atoms with E-state index in [1.54, 1.807) is 12.1 Å². The molecule has 4 heteroatoms. The minimum Gasteiger partial charge on any atom is -0.355 e. The van der Waals surface area contributed by atoms with Crippen LogP contribution in [0.5, 0.6) is 0 Å². The van der Waals surface area contributed by atoms with Gasteiger partial charge in [0.15, 0.2) is 5.11 Å². The number of hydrogen-bond donors (Lipinski definition) is 2. The Labute approximate surface area is 159 Å². The maximum Gasteiger partial charge on any atom is 0.171 e. The summed E-state index contributed by atoms with van der Waals surface area (Å²) in [7, 11) is 0. The number of nitriles is 1. The molecule has 0 heterocycles. The smallest absolute Gasteiger partial charge is 0.171 e. The monoisotopic (exact) mass is 357 g/mol. The predicted molar refractivity (Wildman–Crippen MR) is 110 cm³/mol. The van der Waals surface area contributed by atoms with Crippen molar-refractivity contribution in [2.75, 3.05) is 5.32 Å². The van der Waals surface area contributed by atoms with Crippen LogP contribution in [0.4, 0.5) is 5.69 Å². The molecule has 0 saturated heterocycles. The molecule has 3 nitrogen and oxygen atoms in total. The maximum atomic E-state index is 8.89. The van der Waals surface area contributed by atoms with Gasteiger partial charge in [-0.25, -0.2) is 0 Å². The van der Waals surface area contributed by atoms with Crippen molar-refractivity contribution in [1.29, 1.82) is 5.26 Å². The molecule has 0 fully saturated rings. The van der Waals surface area contributed by atoms with Gasteiger partial charge in [-0.3, -0.25) is 0 Å². The maximum absolute atomic E-state index is 8.89. The summed E-state index contributed by atoms with van der Waals surface area (Å²) in [6, 6.07) is 30.0. The lowest BCUT2D eigenvalue weighted by molar-refractivity contribution is 0.648. The van der Waals surface area contributed by atoms with E-state index < -0.39 is 0 Å². The molecule has 26 heavy (non-hydrogen) atoms. The van der Waals surface area contributed by atoms with Gasteiger partial charge in [0.05, 0.1) is 17.7 Å². The second-order valence-corrected chi connectivity index (χ2v) is 6.35. The van der Waals surface area contributed by atoms with Crippen molar-refractivity contribution in [3.8, 4) is 6.07 Å². The third-order valence-corrected chi connectivity index (χ3v) is 4.28. The van der Waals surface area contributed by atoms with Gasteiger partial charge < -0.3 is 10.6 Å². The molecule has 128 valence electrons. The standard InChI is InChI=1S/C22H19N3S/c23-16-18-11-13-20(14-12-18)24-22(26)25-21(19-9-5-2-6-10-19)15-17-7-3-1-4-8-17/h1-14,21H,15H2,(H2,24,25,26)/t21-/m0/s1. The Bertz CT molecular complexity index is 884. The summed E-state index contributed by atoms with van der Waals surface area (Å²) in [5.74, 6) is 0. The molecule has 3 rings (SSSR count). The van der Waals surface area contributed by atoms with E-state index in [-0.39, 0.29) is 6.04 Å². The lowest BCUT2D eigenvalue weighted by Gasteiger charge is -2.22. The van der Waals surface area contributed by atoms with E-state index >= 15 is 0 Å². The van der Waals surface area contributed by atoms with Crippen LogP contribution >= 0.6 is 12.2 Å². The molecule has 0 bridgehead atoms. The highest BCUT2D eigenvalue weighted by Gasteiger charge is 2.13. The summed E-state index contributed by atoms with van der Waals surface area (Å²) < 4.78 is 0. The molecule has 0 unspecified atom stereocenters. The topological polar surface area (TPSA) is 47.9 Å². The largest absolute Gasteiger partial charge is 0.355 e. The quantitative estimate of drug-likeness (QED) is 0.642. The van der Waals surface area contributed by atoms with Crippen LogP contribution in [0, 0.1) is 11.3 Å². The molecule has 2 N–H and O–H groups in total. The number of hydrogen-bond acceptors (Lipinski definition) is 2. The zero-order valence-electron chi connectivity index (χ0n) is 14.2. The number of benzene rings is 3. The molecule has 1 atom stereocenters. The van der Waals surface area contributed by atoms with Crippen molar-refractivity contribution in [2.24, 2.45) is 0 Å². The Balaban J connectivity index is 1.72. The van der Waals surface area contributed by atoms with Gasteiger partial charge in [-0.05, 0) is 54.0 Å². The Morgan fingerprint density at radius 3 is 2.12 bits per heavy atom. The van der Waals surface area contributed by atoms with Crippen molar-refractivity contribution >= 4 is 23.0 Å². The van der Waals surface area contributed by atoms with Crippen LogP contribution in [-0.4, -0.2) is 5.11 Å². The summed E-state index contributed by atoms with van der Waals surface area (Å²) in [4.78, 5) is 0. The average Bonchev–Trinajstić information content (AvgIpc) is 2.69. The van der Waals surface area contributed by atoms with Gasteiger partial charge in [0.2, 0.25) is 0 Å². The highest BCUT2D eigenvalue weighted by atomic mass is 32.1. The van der Waals surface area contributed by atoms with E-state index in [0.29, 0.717) is 10.7 Å². The van der Waals surface area contributed by atoms with E-state index in [0.717, 1.165) is 12.1 Å². The zero-order chi connectivity index (χ0) is 18.2. The van der Waals surface area contributed by atoms with E-state index in [1.165, 1.54) is 11.1 Å². The first-order chi connectivity index (χ1) is 12.7. The summed E-state index contributed by atoms with van der Waals surface area (Å²) in [6.07, 6.45) is 0.833. The Morgan fingerprint density at radius 2 is 1.50 bits per heavy atom. The van der Waals surface area contributed by atoms with Crippen molar-refractivity contribution in [1.82, 2.24) is 5.32 Å². The SMILES string of the molecule is N#Cc1ccc(NC(=S)N[C@@H](Cc2ccccc2)c2ccccc2)cc1. The molecule has 0 radical (unpaired) electrons. The van der Waals surface area contributed by atoms with Gasteiger partial charge in [-0.15, -0.1) is 0 Å². The number of rotatable bonds is 5. The summed E-state index contributed by atoms with van der Waals surface area (Å²) in [5, 5.41) is 16.0. The van der Waals surface area contributed by atoms with E-state index in [9.17, 15) is 0 Å². The van der Waals surface area contributed by atoms with Crippen LogP contribution < -0.4 is 10.6 Å². The van der Waals surface area contributed by atoms with E-state index in [4.69, 9.17) is 17.5 Å². The van der Waals surface area contributed by atoms with Gasteiger partial charge in [0.25, 0.3) is 0 Å². The zero-order valence-corrected chi connectivity index (χ0v) is 15.0. The first-order valence-electron chi connectivity index (χ1n) is 8.41. The summed E-state index contributed by atoms with van der Waals surface area (Å²) >= 11 is 5.50. The van der Waals surface area contributed by atoms with Crippen molar-refractivity contribution < 1.29 is 0 Å². The van der Waals surface area contributed by atoms with Crippen LogP contribution in [0.1, 0.15) is 22.7 Å². The van der Waals surface area contributed by atoms with Gasteiger partial charge in [0, 0.05) is 5.69 Å². The molecule has 0 aliphatic carbocycles. The van der Waals surface area contributed by atoms with Crippen LogP contribution in [0.25, 0.3) is 0 Å². The second kappa shape index (κ2) is 8.80. The fraction of sp³-hybridized carbons (Fsp3) is 0.0909. The Hall–Kier alpha value is -3.16. The van der Waals surface area contributed by atoms with Crippen molar-refractivity contribution in [3.63, 3.8) is 0 Å². The van der Waals surface area contributed by atoms with Crippen molar-refractivity contribution in [3.05, 3.63) is 102 Å². The van der Waals surface area contributed by atoms with E-state index in [1.807, 2.05) is 48.5 Å². The Morgan fingerprint density at radius 1 is 0.885 bits per heavy atom. The highest BCUT2D eigenvalue weighted by molar-refractivity contribution is 7.80. The summed E-state index contributed by atoms with van der Waals surface area (Å²) in [6.45, 7) is 0. The highest BCUT2D eigenvalue weighted by Crippen LogP contribution is 2.19. The van der Waals surface area contributed by atoms with Gasteiger partial charge in [-0.1, -0.05) is 60.7 Å². The molecule has 0 aliphatic heterocycles. The molecular formula is C22H19N3S. The molecule has 0 aromatic heterocycles. The molecule has 3 aromatic carbocycles. The fourth-order valence-corrected chi connectivity index (χ4v) is 3.00. The number of thiocarbonyl (C=S) groups is 1. The lowest BCUT2D eigenvalue weighted by Crippen LogP contribution is -2.33. The molecule has 0 aliphatic rings. The van der Waals surface area contributed by atoms with Crippen LogP contribution in [0.3, 0.4) is 0 Å². The normalized spacial score (nSPS) is 11.2. The predicted octanol–water partition coefficient (Wildman–Crippen LogP) is 4.83. The first-order valence-corrected chi connectivity index (χ1v) is 8.82. The molecule has 0 spiro atoms. The molecular weight excluding hydrogens is 338 g/mol. The fourth-order valence-electron chi connectivity index (χ4n) is 2.74. The lowest BCUT2D eigenvalue weighted by atomic mass is 9.99. The van der Waals surface area contributed by atoms with Gasteiger partial charge in [0.1, 0.15) is 0 Å². The number of nitrogens with one attached hydrogen (secondary N) is 2. The second-order valence-electron chi connectivity index (χ2n) is 5.94. The molecule has 3 aromatic rings. The number of nitrogens with zero attached hydrogens (tertiary/aromatic N) is 1.